The number of pyridine rings is 1. The molecular formula is C21H25N5S. The lowest BCUT2D eigenvalue weighted by molar-refractivity contribution is 0.176. The molecule has 0 bridgehead atoms. The molecule has 1 fully saturated rings. The number of nitrogens with one attached hydrogen (secondary N) is 2. The number of hydrogen-bond donors (Lipinski definition) is 2. The van der Waals surface area contributed by atoms with Crippen molar-refractivity contribution in [3.63, 3.8) is 0 Å². The average Bonchev–Trinajstić information content (AvgIpc) is 3.29. The van der Waals surface area contributed by atoms with Crippen molar-refractivity contribution in [1.29, 1.82) is 0 Å². The average molecular weight is 380 g/mol. The molecule has 4 heterocycles. The van der Waals surface area contributed by atoms with Crippen molar-refractivity contribution >= 4 is 28.1 Å². The summed E-state index contributed by atoms with van der Waals surface area (Å²) >= 11 is 1.71. The third-order valence-electron chi connectivity index (χ3n) is 5.09. The molecule has 3 aromatic rings. The van der Waals surface area contributed by atoms with Crippen LogP contribution in [0.4, 0.5) is 5.69 Å². The van der Waals surface area contributed by atoms with E-state index in [9.17, 15) is 0 Å². The number of piperidine rings is 1. The predicted molar refractivity (Wildman–Crippen MR) is 113 cm³/mol. The van der Waals surface area contributed by atoms with Crippen LogP contribution in [0, 0.1) is 25.2 Å². The standard InChI is InChI=1S/C21H25N5S/c1-4-5-8-26-12-14(2)9-16(13-26)25-19-17-6-7-22-20(17)23-11-18(19)21-24-10-15(3)27-21/h1,6-7,10-11,14,16H,5,8-9,12-13H2,2-3H3,(H2,22,23,25)/t14-,16+/m0/s1. The van der Waals surface area contributed by atoms with Gasteiger partial charge in [-0.05, 0) is 25.3 Å². The highest BCUT2D eigenvalue weighted by Gasteiger charge is 2.26. The maximum Gasteiger partial charge on any atom is 0.139 e. The number of anilines is 1. The Morgan fingerprint density at radius 3 is 3.04 bits per heavy atom. The van der Waals surface area contributed by atoms with Crippen molar-refractivity contribution in [3.05, 3.63) is 29.5 Å². The van der Waals surface area contributed by atoms with Gasteiger partial charge in [-0.1, -0.05) is 6.92 Å². The number of aromatic amines is 1. The maximum atomic E-state index is 5.47. The van der Waals surface area contributed by atoms with Gasteiger partial charge < -0.3 is 15.2 Å². The Balaban J connectivity index is 1.66. The van der Waals surface area contributed by atoms with Gasteiger partial charge in [-0.2, -0.15) is 0 Å². The molecule has 4 rings (SSSR count). The first kappa shape index (κ1) is 18.0. The number of rotatable bonds is 5. The van der Waals surface area contributed by atoms with Crippen LogP contribution in [0.2, 0.25) is 0 Å². The Labute approximate surface area is 164 Å². The monoisotopic (exact) mass is 379 g/mol. The fraction of sp³-hybridized carbons (Fsp3) is 0.429. The van der Waals surface area contributed by atoms with Crippen LogP contribution in [0.5, 0.6) is 0 Å². The fourth-order valence-corrected chi connectivity index (χ4v) is 4.76. The van der Waals surface area contributed by atoms with E-state index in [-0.39, 0.29) is 0 Å². The molecular weight excluding hydrogens is 354 g/mol. The lowest BCUT2D eigenvalue weighted by Crippen LogP contribution is -2.45. The van der Waals surface area contributed by atoms with E-state index in [2.05, 4.69) is 51.0 Å². The molecule has 1 saturated heterocycles. The summed E-state index contributed by atoms with van der Waals surface area (Å²) in [5.74, 6) is 3.41. The number of hydrogen-bond acceptors (Lipinski definition) is 5. The molecule has 0 unspecified atom stereocenters. The molecule has 27 heavy (non-hydrogen) atoms. The summed E-state index contributed by atoms with van der Waals surface area (Å²) in [7, 11) is 0. The van der Waals surface area contributed by atoms with Crippen molar-refractivity contribution in [2.75, 3.05) is 25.0 Å². The molecule has 3 aromatic heterocycles. The number of fused-ring (bicyclic) bond motifs is 1. The maximum absolute atomic E-state index is 5.47. The van der Waals surface area contributed by atoms with Gasteiger partial charge >= 0.3 is 0 Å². The predicted octanol–water partition coefficient (Wildman–Crippen LogP) is 4.14. The summed E-state index contributed by atoms with van der Waals surface area (Å²) < 4.78 is 0. The number of H-pyrrole nitrogens is 1. The van der Waals surface area contributed by atoms with Gasteiger partial charge in [0.2, 0.25) is 0 Å². The topological polar surface area (TPSA) is 56.8 Å². The second-order valence-electron chi connectivity index (χ2n) is 7.46. The number of terminal acetylenes is 1. The minimum absolute atomic E-state index is 0.381. The molecule has 1 aliphatic rings. The van der Waals surface area contributed by atoms with Gasteiger partial charge in [0.25, 0.3) is 0 Å². The molecule has 140 valence electrons. The van der Waals surface area contributed by atoms with E-state index < -0.39 is 0 Å². The largest absolute Gasteiger partial charge is 0.380 e. The van der Waals surface area contributed by atoms with Crippen LogP contribution in [0.1, 0.15) is 24.6 Å². The molecule has 0 spiro atoms. The van der Waals surface area contributed by atoms with Crippen LogP contribution in [-0.2, 0) is 0 Å². The molecule has 0 amide bonds. The van der Waals surface area contributed by atoms with Crippen LogP contribution in [-0.4, -0.2) is 45.5 Å². The number of aromatic nitrogens is 3. The Kier molecular flexibility index (Phi) is 5.15. The second-order valence-corrected chi connectivity index (χ2v) is 8.69. The summed E-state index contributed by atoms with van der Waals surface area (Å²) in [4.78, 5) is 16.1. The van der Waals surface area contributed by atoms with E-state index in [4.69, 9.17) is 6.42 Å². The summed E-state index contributed by atoms with van der Waals surface area (Å²) in [6, 6.07) is 2.48. The molecule has 2 atom stereocenters. The van der Waals surface area contributed by atoms with E-state index in [1.807, 2.05) is 18.6 Å². The summed E-state index contributed by atoms with van der Waals surface area (Å²) in [6.45, 7) is 7.50. The minimum atomic E-state index is 0.381. The molecule has 2 N–H and O–H groups in total. The fourth-order valence-electron chi connectivity index (χ4n) is 3.98. The van der Waals surface area contributed by atoms with Crippen molar-refractivity contribution in [1.82, 2.24) is 19.9 Å². The van der Waals surface area contributed by atoms with E-state index in [1.165, 1.54) is 4.88 Å². The van der Waals surface area contributed by atoms with E-state index in [0.717, 1.165) is 59.8 Å². The zero-order valence-corrected chi connectivity index (χ0v) is 16.6. The number of aryl methyl sites for hydroxylation is 1. The van der Waals surface area contributed by atoms with Gasteiger partial charge in [-0.25, -0.2) is 9.97 Å². The van der Waals surface area contributed by atoms with Crippen LogP contribution >= 0.6 is 11.3 Å². The Morgan fingerprint density at radius 1 is 1.37 bits per heavy atom. The second kappa shape index (κ2) is 7.71. The molecule has 0 aromatic carbocycles. The SMILES string of the molecule is C#CCCN1C[C@@H](C)C[C@@H](Nc2c(-c3ncc(C)s3)cnc3[nH]ccc23)C1. The van der Waals surface area contributed by atoms with Crippen LogP contribution in [0.15, 0.2) is 24.7 Å². The van der Waals surface area contributed by atoms with Gasteiger partial charge in [0.05, 0.1) is 11.3 Å². The summed E-state index contributed by atoms with van der Waals surface area (Å²) in [6.07, 6.45) is 13.2. The van der Waals surface area contributed by atoms with Gasteiger partial charge in [0.15, 0.2) is 0 Å². The lowest BCUT2D eigenvalue weighted by Gasteiger charge is -2.37. The Hall–Kier alpha value is -2.36. The van der Waals surface area contributed by atoms with Crippen molar-refractivity contribution < 1.29 is 0 Å². The Morgan fingerprint density at radius 2 is 2.26 bits per heavy atom. The smallest absolute Gasteiger partial charge is 0.139 e. The summed E-state index contributed by atoms with van der Waals surface area (Å²) in [5, 5.41) is 5.97. The number of likely N-dealkylation sites (tertiary alicyclic amines) is 1. The highest BCUT2D eigenvalue weighted by molar-refractivity contribution is 7.15. The first-order valence-corrected chi connectivity index (χ1v) is 10.3. The quantitative estimate of drug-likeness (QED) is 0.654. The number of thiazole rings is 1. The van der Waals surface area contributed by atoms with Crippen LogP contribution in [0.25, 0.3) is 21.6 Å². The zero-order chi connectivity index (χ0) is 18.8. The van der Waals surface area contributed by atoms with Crippen molar-refractivity contribution in [3.8, 4) is 22.9 Å². The highest BCUT2D eigenvalue weighted by Crippen LogP contribution is 2.36. The lowest BCUT2D eigenvalue weighted by atomic mass is 9.95. The van der Waals surface area contributed by atoms with Crippen molar-refractivity contribution in [2.45, 2.75) is 32.7 Å². The van der Waals surface area contributed by atoms with Crippen LogP contribution in [0.3, 0.4) is 0 Å². The molecule has 0 radical (unpaired) electrons. The van der Waals surface area contributed by atoms with E-state index in [1.54, 1.807) is 11.3 Å². The molecule has 0 aliphatic carbocycles. The van der Waals surface area contributed by atoms with E-state index in [0.29, 0.717) is 12.0 Å². The molecule has 5 nitrogen and oxygen atoms in total. The molecule has 0 saturated carbocycles. The zero-order valence-electron chi connectivity index (χ0n) is 15.8. The first-order valence-electron chi connectivity index (χ1n) is 9.45. The molecule has 6 heteroatoms. The number of nitrogens with zero attached hydrogens (tertiary/aromatic N) is 3. The van der Waals surface area contributed by atoms with Crippen molar-refractivity contribution in [2.24, 2.45) is 5.92 Å². The highest BCUT2D eigenvalue weighted by atomic mass is 32.1. The first-order chi connectivity index (χ1) is 13.1. The summed E-state index contributed by atoms with van der Waals surface area (Å²) in [5.41, 5.74) is 3.11. The molecule has 1 aliphatic heterocycles. The van der Waals surface area contributed by atoms with Crippen LogP contribution < -0.4 is 5.32 Å². The van der Waals surface area contributed by atoms with Gasteiger partial charge in [0, 0.05) is 61.0 Å². The normalized spacial score (nSPS) is 20.6. The van der Waals surface area contributed by atoms with Gasteiger partial charge in [-0.3, -0.25) is 0 Å². The van der Waals surface area contributed by atoms with E-state index >= 15 is 0 Å². The Bertz CT molecular complexity index is 967. The minimum Gasteiger partial charge on any atom is -0.380 e. The van der Waals surface area contributed by atoms with Gasteiger partial charge in [-0.15, -0.1) is 23.7 Å². The third kappa shape index (κ3) is 3.85. The van der Waals surface area contributed by atoms with Gasteiger partial charge in [0.1, 0.15) is 10.7 Å². The third-order valence-corrected chi connectivity index (χ3v) is 6.04.